The second kappa shape index (κ2) is 10.0. The van der Waals surface area contributed by atoms with E-state index in [9.17, 15) is 4.79 Å². The van der Waals surface area contributed by atoms with Crippen LogP contribution in [-0.2, 0) is 22.6 Å². The van der Waals surface area contributed by atoms with Crippen LogP contribution in [0.3, 0.4) is 0 Å². The van der Waals surface area contributed by atoms with Gasteiger partial charge in [0, 0.05) is 26.3 Å². The molecular formula is C23H27N3O3. The lowest BCUT2D eigenvalue weighted by molar-refractivity contribution is -0.113. The van der Waals surface area contributed by atoms with E-state index in [1.54, 1.807) is 19.1 Å². The summed E-state index contributed by atoms with van der Waals surface area (Å²) in [6, 6.07) is 19.5. The van der Waals surface area contributed by atoms with Crippen LogP contribution in [0.25, 0.3) is 0 Å². The summed E-state index contributed by atoms with van der Waals surface area (Å²) in [6.07, 6.45) is 1.33. The van der Waals surface area contributed by atoms with Gasteiger partial charge in [0.2, 0.25) is 0 Å². The van der Waals surface area contributed by atoms with Crippen LogP contribution < -0.4 is 0 Å². The lowest BCUT2D eigenvalue weighted by Gasteiger charge is -2.27. The van der Waals surface area contributed by atoms with Crippen molar-refractivity contribution in [2.24, 2.45) is 0 Å². The lowest BCUT2D eigenvalue weighted by atomic mass is 10.2. The maximum atomic E-state index is 13.2. The molecule has 0 spiro atoms. The van der Waals surface area contributed by atoms with Crippen molar-refractivity contribution < 1.29 is 14.3 Å². The molecule has 6 nitrogen and oxygen atoms in total. The van der Waals surface area contributed by atoms with Crippen LogP contribution in [0.1, 0.15) is 27.4 Å². The Labute approximate surface area is 171 Å². The van der Waals surface area contributed by atoms with E-state index in [1.165, 1.54) is 5.56 Å². The van der Waals surface area contributed by atoms with E-state index in [-0.39, 0.29) is 5.91 Å². The number of imidazole rings is 1. The summed E-state index contributed by atoms with van der Waals surface area (Å²) in [4.78, 5) is 19.4. The quantitative estimate of drug-likeness (QED) is 0.522. The fourth-order valence-corrected chi connectivity index (χ4v) is 3.23. The number of carbonyl (C=O) groups excluding carboxylic acids is 1. The van der Waals surface area contributed by atoms with Crippen molar-refractivity contribution >= 4 is 5.91 Å². The number of ether oxygens (including phenoxy) is 2. The van der Waals surface area contributed by atoms with Crippen molar-refractivity contribution in [1.29, 1.82) is 0 Å². The highest BCUT2D eigenvalue weighted by Gasteiger charge is 2.22. The molecule has 1 heterocycles. The van der Waals surface area contributed by atoms with Crippen LogP contribution in [0.15, 0.2) is 66.9 Å². The molecular weight excluding hydrogens is 366 g/mol. The Morgan fingerprint density at radius 1 is 1.03 bits per heavy atom. The summed E-state index contributed by atoms with van der Waals surface area (Å²) in [5.74, 6) is 0.834. The highest BCUT2D eigenvalue weighted by molar-refractivity contribution is 5.94. The van der Waals surface area contributed by atoms with Crippen molar-refractivity contribution in [2.45, 2.75) is 26.3 Å². The fraction of sp³-hybridized carbons (Fsp3) is 0.304. The number of amides is 1. The number of hydrogen-bond acceptors (Lipinski definition) is 4. The largest absolute Gasteiger partial charge is 0.354 e. The minimum absolute atomic E-state index is 0.0742. The number of methoxy groups -OCH3 is 2. The van der Waals surface area contributed by atoms with Crippen molar-refractivity contribution in [2.75, 3.05) is 20.8 Å². The van der Waals surface area contributed by atoms with Gasteiger partial charge in [0.25, 0.3) is 5.91 Å². The molecule has 3 aromatic rings. The predicted octanol–water partition coefficient (Wildman–Crippen LogP) is 3.50. The Hall–Kier alpha value is -2.96. The predicted molar refractivity (Wildman–Crippen MR) is 111 cm³/mol. The molecule has 152 valence electrons. The summed E-state index contributed by atoms with van der Waals surface area (Å²) in [5, 5.41) is 0. The minimum atomic E-state index is -0.505. The fourth-order valence-electron chi connectivity index (χ4n) is 3.23. The number of hydrogen-bond donors (Lipinski definition) is 0. The Morgan fingerprint density at radius 2 is 1.66 bits per heavy atom. The summed E-state index contributed by atoms with van der Waals surface area (Å²) in [5.41, 5.74) is 2.77. The van der Waals surface area contributed by atoms with Crippen LogP contribution in [-0.4, -0.2) is 47.4 Å². The lowest BCUT2D eigenvalue weighted by Crippen LogP contribution is -2.39. The molecule has 0 aliphatic heterocycles. The molecule has 0 aliphatic rings. The van der Waals surface area contributed by atoms with Crippen molar-refractivity contribution in [1.82, 2.24) is 14.5 Å². The van der Waals surface area contributed by atoms with Gasteiger partial charge in [-0.15, -0.1) is 0 Å². The zero-order chi connectivity index (χ0) is 20.6. The smallest absolute Gasteiger partial charge is 0.254 e. The Bertz CT molecular complexity index is 906. The molecule has 3 rings (SSSR count). The second-order valence-electron chi connectivity index (χ2n) is 6.82. The zero-order valence-electron chi connectivity index (χ0n) is 17.1. The molecule has 0 N–H and O–H groups in total. The molecule has 6 heteroatoms. The van der Waals surface area contributed by atoms with Crippen LogP contribution in [0.4, 0.5) is 0 Å². The summed E-state index contributed by atoms with van der Waals surface area (Å²) in [7, 11) is 3.15. The van der Waals surface area contributed by atoms with Crippen LogP contribution in [0.5, 0.6) is 0 Å². The molecule has 0 aliphatic carbocycles. The van der Waals surface area contributed by atoms with Crippen LogP contribution in [0, 0.1) is 6.92 Å². The van der Waals surface area contributed by atoms with E-state index >= 15 is 0 Å². The van der Waals surface area contributed by atoms with Crippen LogP contribution in [0.2, 0.25) is 0 Å². The number of aromatic nitrogens is 2. The third-order valence-corrected chi connectivity index (χ3v) is 4.88. The molecule has 0 fully saturated rings. The van der Waals surface area contributed by atoms with E-state index in [4.69, 9.17) is 9.47 Å². The van der Waals surface area contributed by atoms with Gasteiger partial charge in [-0.25, -0.2) is 4.98 Å². The molecule has 0 atom stereocenters. The van der Waals surface area contributed by atoms with E-state index in [2.05, 4.69) is 21.7 Å². The number of benzene rings is 2. The van der Waals surface area contributed by atoms with Gasteiger partial charge < -0.3 is 18.9 Å². The average molecular weight is 393 g/mol. The van der Waals surface area contributed by atoms with Gasteiger partial charge in [0.15, 0.2) is 6.29 Å². The highest BCUT2D eigenvalue weighted by atomic mass is 16.7. The summed E-state index contributed by atoms with van der Waals surface area (Å²) >= 11 is 0. The van der Waals surface area contributed by atoms with Gasteiger partial charge in [0.05, 0.1) is 25.0 Å². The van der Waals surface area contributed by atoms with Gasteiger partial charge in [-0.05, 0) is 24.6 Å². The third-order valence-electron chi connectivity index (χ3n) is 4.88. The van der Waals surface area contributed by atoms with E-state index in [1.807, 2.05) is 61.7 Å². The van der Waals surface area contributed by atoms with Crippen molar-refractivity contribution in [3.8, 4) is 0 Å². The highest BCUT2D eigenvalue weighted by Crippen LogP contribution is 2.15. The molecule has 1 amide bonds. The van der Waals surface area contributed by atoms with Gasteiger partial charge in [0.1, 0.15) is 5.82 Å². The summed E-state index contributed by atoms with van der Waals surface area (Å²) < 4.78 is 12.8. The van der Waals surface area contributed by atoms with Crippen molar-refractivity contribution in [3.63, 3.8) is 0 Å². The molecule has 0 unspecified atom stereocenters. The van der Waals surface area contributed by atoms with E-state index in [0.29, 0.717) is 25.2 Å². The molecule has 0 saturated heterocycles. The first-order valence-electron chi connectivity index (χ1n) is 9.57. The molecule has 1 aromatic heterocycles. The summed E-state index contributed by atoms with van der Waals surface area (Å²) in [6.45, 7) is 3.40. The Balaban J connectivity index is 1.87. The topological polar surface area (TPSA) is 56.6 Å². The number of nitrogens with zero attached hydrogens (tertiary/aromatic N) is 3. The van der Waals surface area contributed by atoms with Gasteiger partial charge in [-0.1, -0.05) is 48.5 Å². The van der Waals surface area contributed by atoms with Gasteiger partial charge in [-0.3, -0.25) is 4.79 Å². The van der Waals surface area contributed by atoms with E-state index < -0.39 is 6.29 Å². The number of carbonyl (C=O) groups is 1. The maximum Gasteiger partial charge on any atom is 0.254 e. The third kappa shape index (κ3) is 5.31. The second-order valence-corrected chi connectivity index (χ2v) is 6.82. The van der Waals surface area contributed by atoms with Crippen molar-refractivity contribution in [3.05, 3.63) is 89.5 Å². The molecule has 2 aromatic carbocycles. The van der Waals surface area contributed by atoms with Gasteiger partial charge >= 0.3 is 0 Å². The zero-order valence-corrected chi connectivity index (χ0v) is 17.1. The molecule has 0 bridgehead atoms. The molecule has 0 saturated carbocycles. The molecule has 29 heavy (non-hydrogen) atoms. The first kappa shape index (κ1) is 20.8. The number of aryl methyl sites for hydroxylation is 1. The molecule has 0 radical (unpaired) electrons. The monoisotopic (exact) mass is 393 g/mol. The Kier molecular flexibility index (Phi) is 7.16. The average Bonchev–Trinajstić information content (AvgIpc) is 3.11. The maximum absolute atomic E-state index is 13.2. The SMILES string of the molecule is COC(CN(Cc1cnc(C)n1Cc1ccccc1)C(=O)c1ccccc1)OC. The minimum Gasteiger partial charge on any atom is -0.354 e. The normalized spacial score (nSPS) is 11.0. The first-order chi connectivity index (χ1) is 14.1. The standard InChI is InChI=1S/C23H27N3O3/c1-18-24-14-21(26(18)15-19-10-6-4-7-11-19)16-25(17-22(28-2)29-3)23(27)20-12-8-5-9-13-20/h4-14,22H,15-17H2,1-3H3. The Morgan fingerprint density at radius 3 is 2.28 bits per heavy atom. The van der Waals surface area contributed by atoms with Gasteiger partial charge in [-0.2, -0.15) is 0 Å². The first-order valence-corrected chi connectivity index (χ1v) is 9.57. The van der Waals surface area contributed by atoms with E-state index in [0.717, 1.165) is 11.5 Å². The van der Waals surface area contributed by atoms with Crippen LogP contribution >= 0.6 is 0 Å². The number of rotatable bonds is 9.